The normalized spacial score (nSPS) is 11.3. The molecule has 3 aromatic carbocycles. The van der Waals surface area contributed by atoms with E-state index in [9.17, 15) is 4.79 Å². The highest BCUT2D eigenvalue weighted by molar-refractivity contribution is 6.08. The maximum Gasteiger partial charge on any atom is 0.204 e. The number of ether oxygens (including phenoxy) is 1. The van der Waals surface area contributed by atoms with Crippen LogP contribution in [0.2, 0.25) is 0 Å². The van der Waals surface area contributed by atoms with Gasteiger partial charge in [-0.3, -0.25) is 4.79 Å². The Hall–Kier alpha value is -2.81. The van der Waals surface area contributed by atoms with Crippen molar-refractivity contribution in [3.05, 3.63) is 64.8 Å². The highest BCUT2D eigenvalue weighted by Crippen LogP contribution is 2.29. The molecule has 1 aromatic heterocycles. The van der Waals surface area contributed by atoms with Gasteiger partial charge in [0.25, 0.3) is 0 Å². The summed E-state index contributed by atoms with van der Waals surface area (Å²) in [5, 5.41) is 3.01. The average molecular weight is 276 g/mol. The summed E-state index contributed by atoms with van der Waals surface area (Å²) in [4.78, 5) is 12.9. The minimum absolute atomic E-state index is 0.0551. The van der Waals surface area contributed by atoms with E-state index in [0.29, 0.717) is 27.7 Å². The van der Waals surface area contributed by atoms with Crippen molar-refractivity contribution in [2.45, 2.75) is 0 Å². The van der Waals surface area contributed by atoms with E-state index in [1.54, 1.807) is 19.2 Å². The lowest BCUT2D eigenvalue weighted by molar-refractivity contribution is 0.419. The minimum atomic E-state index is -0.0551. The van der Waals surface area contributed by atoms with Crippen LogP contribution in [-0.4, -0.2) is 7.11 Å². The summed E-state index contributed by atoms with van der Waals surface area (Å²) in [6.07, 6.45) is 0. The van der Waals surface area contributed by atoms with Gasteiger partial charge in [0.05, 0.1) is 12.5 Å². The second kappa shape index (κ2) is 4.35. The van der Waals surface area contributed by atoms with Crippen molar-refractivity contribution < 1.29 is 9.15 Å². The Kier molecular flexibility index (Phi) is 2.48. The molecule has 102 valence electrons. The smallest absolute Gasteiger partial charge is 0.204 e. The number of rotatable bonds is 1. The van der Waals surface area contributed by atoms with Crippen molar-refractivity contribution >= 4 is 32.7 Å². The van der Waals surface area contributed by atoms with E-state index < -0.39 is 0 Å². The van der Waals surface area contributed by atoms with Crippen LogP contribution in [0.4, 0.5) is 0 Å². The average Bonchev–Trinajstić information content (AvgIpc) is 2.53. The molecule has 0 atom stereocenters. The summed E-state index contributed by atoms with van der Waals surface area (Å²) < 4.78 is 11.2. The Morgan fingerprint density at radius 3 is 2.52 bits per heavy atom. The molecule has 0 unspecified atom stereocenters. The molecule has 4 rings (SSSR count). The van der Waals surface area contributed by atoms with Crippen LogP contribution in [-0.2, 0) is 0 Å². The fourth-order valence-corrected chi connectivity index (χ4v) is 2.80. The third-order valence-corrected chi connectivity index (χ3v) is 3.77. The van der Waals surface area contributed by atoms with Gasteiger partial charge in [-0.05, 0) is 29.0 Å². The Morgan fingerprint density at radius 1 is 0.857 bits per heavy atom. The minimum Gasteiger partial charge on any atom is -0.496 e. The third kappa shape index (κ3) is 1.64. The summed E-state index contributed by atoms with van der Waals surface area (Å²) in [5.74, 6) is 0.538. The van der Waals surface area contributed by atoms with E-state index >= 15 is 0 Å². The van der Waals surface area contributed by atoms with E-state index in [-0.39, 0.29) is 5.43 Å². The van der Waals surface area contributed by atoms with Crippen LogP contribution < -0.4 is 10.2 Å². The number of hydrogen-bond acceptors (Lipinski definition) is 3. The van der Waals surface area contributed by atoms with Gasteiger partial charge in [0.15, 0.2) is 0 Å². The zero-order valence-electron chi connectivity index (χ0n) is 11.4. The quantitative estimate of drug-likeness (QED) is 0.388. The molecule has 0 bridgehead atoms. The zero-order chi connectivity index (χ0) is 14.4. The Morgan fingerprint density at radius 2 is 1.67 bits per heavy atom. The number of fused-ring (bicyclic) bond motifs is 4. The molecule has 0 aliphatic heterocycles. The Balaban J connectivity index is 2.33. The predicted octanol–water partition coefficient (Wildman–Crippen LogP) is 4.11. The molecule has 3 heteroatoms. The summed E-state index contributed by atoms with van der Waals surface area (Å²) in [7, 11) is 1.56. The van der Waals surface area contributed by atoms with Gasteiger partial charge in [-0.15, -0.1) is 0 Å². The monoisotopic (exact) mass is 276 g/mol. The fourth-order valence-electron chi connectivity index (χ4n) is 2.80. The third-order valence-electron chi connectivity index (χ3n) is 3.77. The van der Waals surface area contributed by atoms with Crippen LogP contribution in [0.3, 0.4) is 0 Å². The molecule has 4 aromatic rings. The molecule has 0 saturated heterocycles. The van der Waals surface area contributed by atoms with E-state index in [0.717, 1.165) is 10.8 Å². The van der Waals surface area contributed by atoms with Crippen LogP contribution in [0.25, 0.3) is 32.7 Å². The van der Waals surface area contributed by atoms with Gasteiger partial charge < -0.3 is 9.15 Å². The number of benzene rings is 3. The van der Waals surface area contributed by atoms with E-state index in [2.05, 4.69) is 0 Å². The second-order valence-corrected chi connectivity index (χ2v) is 4.92. The lowest BCUT2D eigenvalue weighted by Crippen LogP contribution is -2.04. The Labute approximate surface area is 120 Å². The highest BCUT2D eigenvalue weighted by Gasteiger charge is 2.13. The summed E-state index contributed by atoms with van der Waals surface area (Å²) >= 11 is 0. The van der Waals surface area contributed by atoms with Gasteiger partial charge in [-0.25, -0.2) is 0 Å². The maximum absolute atomic E-state index is 12.9. The lowest BCUT2D eigenvalue weighted by Gasteiger charge is -2.07. The number of hydrogen-bond donors (Lipinski definition) is 0. The molecule has 0 radical (unpaired) electrons. The first-order valence-electron chi connectivity index (χ1n) is 6.71. The molecule has 0 aliphatic carbocycles. The predicted molar refractivity (Wildman–Crippen MR) is 84.0 cm³/mol. The molecule has 3 nitrogen and oxygen atoms in total. The van der Waals surface area contributed by atoms with Gasteiger partial charge >= 0.3 is 0 Å². The van der Waals surface area contributed by atoms with Gasteiger partial charge in [-0.2, -0.15) is 0 Å². The molecular weight excluding hydrogens is 264 g/mol. The zero-order valence-corrected chi connectivity index (χ0v) is 11.4. The van der Waals surface area contributed by atoms with Crippen LogP contribution in [0.1, 0.15) is 0 Å². The summed E-state index contributed by atoms with van der Waals surface area (Å²) in [5.41, 5.74) is 1.09. The Bertz CT molecular complexity index is 1040. The van der Waals surface area contributed by atoms with Crippen molar-refractivity contribution in [2.75, 3.05) is 7.11 Å². The standard InChI is InChI=1S/C18H12O3/c1-20-13-7-4-8-14-17(13)18(19)16-12-6-3-2-5-11(12)9-10-15(16)21-14/h2-10H,1H3. The van der Waals surface area contributed by atoms with Crippen molar-refractivity contribution in [3.8, 4) is 5.75 Å². The van der Waals surface area contributed by atoms with Crippen LogP contribution in [0.15, 0.2) is 63.8 Å². The highest BCUT2D eigenvalue weighted by atomic mass is 16.5. The first-order valence-corrected chi connectivity index (χ1v) is 6.71. The molecular formula is C18H12O3. The second-order valence-electron chi connectivity index (χ2n) is 4.92. The lowest BCUT2D eigenvalue weighted by atomic mass is 10.0. The van der Waals surface area contributed by atoms with E-state index in [1.165, 1.54) is 0 Å². The largest absolute Gasteiger partial charge is 0.496 e. The summed E-state index contributed by atoms with van der Waals surface area (Å²) in [6, 6.07) is 17.0. The van der Waals surface area contributed by atoms with Crippen LogP contribution >= 0.6 is 0 Å². The molecule has 0 spiro atoms. The summed E-state index contributed by atoms with van der Waals surface area (Å²) in [6.45, 7) is 0. The molecule has 0 amide bonds. The fraction of sp³-hybridized carbons (Fsp3) is 0.0556. The molecule has 0 fully saturated rings. The van der Waals surface area contributed by atoms with E-state index in [4.69, 9.17) is 9.15 Å². The van der Waals surface area contributed by atoms with Crippen LogP contribution in [0.5, 0.6) is 5.75 Å². The SMILES string of the molecule is COc1cccc2oc3ccc4ccccc4c3c(=O)c12. The molecule has 1 heterocycles. The van der Waals surface area contributed by atoms with Gasteiger partial charge in [0, 0.05) is 0 Å². The first kappa shape index (κ1) is 12.0. The van der Waals surface area contributed by atoms with Crippen molar-refractivity contribution in [1.82, 2.24) is 0 Å². The van der Waals surface area contributed by atoms with Crippen LogP contribution in [0, 0.1) is 0 Å². The maximum atomic E-state index is 12.9. The van der Waals surface area contributed by atoms with Gasteiger partial charge in [-0.1, -0.05) is 36.4 Å². The number of methoxy groups -OCH3 is 1. The topological polar surface area (TPSA) is 39.4 Å². The van der Waals surface area contributed by atoms with E-state index in [1.807, 2.05) is 42.5 Å². The molecule has 21 heavy (non-hydrogen) atoms. The van der Waals surface area contributed by atoms with Gasteiger partial charge in [0.1, 0.15) is 22.3 Å². The molecule has 0 aliphatic rings. The van der Waals surface area contributed by atoms with Gasteiger partial charge in [0.2, 0.25) is 5.43 Å². The molecule has 0 N–H and O–H groups in total. The van der Waals surface area contributed by atoms with Crippen molar-refractivity contribution in [3.63, 3.8) is 0 Å². The first-order chi connectivity index (χ1) is 10.3. The van der Waals surface area contributed by atoms with Crippen molar-refractivity contribution in [2.24, 2.45) is 0 Å². The molecule has 0 saturated carbocycles. The van der Waals surface area contributed by atoms with Crippen molar-refractivity contribution in [1.29, 1.82) is 0 Å².